The van der Waals surface area contributed by atoms with Gasteiger partial charge in [0.05, 0.1) is 10.6 Å². The van der Waals surface area contributed by atoms with E-state index >= 15 is 0 Å². The lowest BCUT2D eigenvalue weighted by Crippen LogP contribution is -2.18. The summed E-state index contributed by atoms with van der Waals surface area (Å²) in [5.74, 6) is 0.0612. The average molecular weight is 421 g/mol. The maximum Gasteiger partial charge on any atom is 0.193 e. The van der Waals surface area contributed by atoms with Gasteiger partial charge in [-0.25, -0.2) is 8.42 Å². The molecule has 0 radical (unpaired) electrons. The number of benzene rings is 3. The van der Waals surface area contributed by atoms with Crippen LogP contribution < -0.4 is 0 Å². The molecule has 4 heteroatoms. The third-order valence-corrected chi connectivity index (χ3v) is 8.17. The topological polar surface area (TPSA) is 51.2 Å². The van der Waals surface area contributed by atoms with Crippen LogP contribution in [-0.2, 0) is 20.7 Å². The van der Waals surface area contributed by atoms with Crippen LogP contribution in [0.4, 0.5) is 0 Å². The van der Waals surface area contributed by atoms with Gasteiger partial charge in [0.1, 0.15) is 0 Å². The summed E-state index contributed by atoms with van der Waals surface area (Å²) in [5, 5.41) is 1.68. The Morgan fingerprint density at radius 2 is 1.37 bits per heavy atom. The van der Waals surface area contributed by atoms with E-state index in [1.807, 2.05) is 18.2 Å². The summed E-state index contributed by atoms with van der Waals surface area (Å²) >= 11 is 0. The number of rotatable bonds is 4. The number of ketones is 1. The fraction of sp³-hybridized carbons (Fsp3) is 0.346. The minimum Gasteiger partial charge on any atom is -0.289 e. The molecule has 0 aliphatic heterocycles. The first kappa shape index (κ1) is 20.8. The summed E-state index contributed by atoms with van der Waals surface area (Å²) in [6.07, 6.45) is 1.06. The normalized spacial score (nSPS) is 17.1. The van der Waals surface area contributed by atoms with E-state index in [9.17, 15) is 13.2 Å². The quantitative estimate of drug-likeness (QED) is 0.500. The number of carbonyl (C=O) groups is 1. The molecule has 0 bridgehead atoms. The first-order chi connectivity index (χ1) is 13.9. The van der Waals surface area contributed by atoms with Crippen LogP contribution in [0, 0.1) is 0 Å². The van der Waals surface area contributed by atoms with Crippen molar-refractivity contribution in [1.82, 2.24) is 0 Å². The fourth-order valence-electron chi connectivity index (χ4n) is 5.02. The minimum absolute atomic E-state index is 0.00883. The van der Waals surface area contributed by atoms with Gasteiger partial charge in [-0.3, -0.25) is 4.79 Å². The molecular weight excluding hydrogens is 392 g/mol. The highest BCUT2D eigenvalue weighted by Gasteiger charge is 2.41. The highest BCUT2D eigenvalue weighted by Crippen LogP contribution is 2.49. The number of carbonyl (C=O) groups excluding carboxylic acids is 1. The first-order valence-corrected chi connectivity index (χ1v) is 12.1. The van der Waals surface area contributed by atoms with Crippen molar-refractivity contribution in [3.63, 3.8) is 0 Å². The van der Waals surface area contributed by atoms with Gasteiger partial charge in [0.2, 0.25) is 0 Å². The van der Waals surface area contributed by atoms with Crippen LogP contribution >= 0.6 is 0 Å². The lowest BCUT2D eigenvalue weighted by molar-refractivity contribution is 0.103. The zero-order valence-corrected chi connectivity index (χ0v) is 19.1. The van der Waals surface area contributed by atoms with E-state index < -0.39 is 9.84 Å². The molecule has 0 heterocycles. The zero-order valence-electron chi connectivity index (χ0n) is 18.2. The van der Waals surface area contributed by atoms with Crippen molar-refractivity contribution in [3.8, 4) is 0 Å². The van der Waals surface area contributed by atoms with Crippen molar-refractivity contribution in [2.75, 3.05) is 5.75 Å². The molecule has 4 rings (SSSR count). The van der Waals surface area contributed by atoms with E-state index in [2.05, 4.69) is 39.8 Å². The van der Waals surface area contributed by atoms with Gasteiger partial charge in [-0.2, -0.15) is 0 Å². The summed E-state index contributed by atoms with van der Waals surface area (Å²) in [6, 6.07) is 16.7. The molecule has 0 spiro atoms. The third-order valence-electron chi connectivity index (χ3n) is 6.44. The van der Waals surface area contributed by atoms with Crippen LogP contribution in [-0.4, -0.2) is 20.0 Å². The SMILES string of the molecule is CCS(=O)(=O)c1ccc2cc(C(=O)c3ccc4c(c3)C(C)(C)CC4(C)C)ccc2c1. The van der Waals surface area contributed by atoms with Crippen LogP contribution in [0.2, 0.25) is 0 Å². The second-order valence-corrected chi connectivity index (χ2v) is 11.9. The number of hydrogen-bond acceptors (Lipinski definition) is 3. The molecule has 0 saturated heterocycles. The van der Waals surface area contributed by atoms with Crippen LogP contribution in [0.1, 0.15) is 68.1 Å². The molecule has 0 N–H and O–H groups in total. The second kappa shape index (κ2) is 6.78. The Bertz CT molecular complexity index is 1280. The fourth-order valence-corrected chi connectivity index (χ4v) is 5.94. The molecule has 0 saturated carbocycles. The van der Waals surface area contributed by atoms with E-state index in [-0.39, 0.29) is 22.4 Å². The maximum absolute atomic E-state index is 13.2. The Kier molecular flexibility index (Phi) is 4.70. The van der Waals surface area contributed by atoms with Crippen LogP contribution in [0.15, 0.2) is 59.5 Å². The molecule has 0 amide bonds. The van der Waals surface area contributed by atoms with Gasteiger partial charge in [0.15, 0.2) is 15.6 Å². The molecule has 3 nitrogen and oxygen atoms in total. The summed E-state index contributed by atoms with van der Waals surface area (Å²) in [7, 11) is -3.25. The monoisotopic (exact) mass is 420 g/mol. The van der Waals surface area contributed by atoms with E-state index in [1.165, 1.54) is 11.1 Å². The number of sulfone groups is 1. The van der Waals surface area contributed by atoms with Crippen molar-refractivity contribution in [1.29, 1.82) is 0 Å². The molecule has 3 aromatic carbocycles. The Hall–Kier alpha value is -2.46. The van der Waals surface area contributed by atoms with E-state index in [4.69, 9.17) is 0 Å². The average Bonchev–Trinajstić information content (AvgIpc) is 2.90. The Balaban J connectivity index is 1.73. The van der Waals surface area contributed by atoms with Crippen molar-refractivity contribution < 1.29 is 13.2 Å². The number of hydrogen-bond donors (Lipinski definition) is 0. The molecule has 156 valence electrons. The largest absolute Gasteiger partial charge is 0.289 e. The van der Waals surface area contributed by atoms with Gasteiger partial charge in [-0.1, -0.05) is 65.0 Å². The summed E-state index contributed by atoms with van der Waals surface area (Å²) in [4.78, 5) is 13.6. The molecule has 3 aromatic rings. The lowest BCUT2D eigenvalue weighted by Gasteiger charge is -2.22. The van der Waals surface area contributed by atoms with E-state index in [1.54, 1.807) is 31.2 Å². The second-order valence-electron chi connectivity index (χ2n) is 9.66. The summed E-state index contributed by atoms with van der Waals surface area (Å²) in [5.41, 5.74) is 4.05. The number of fused-ring (bicyclic) bond motifs is 2. The van der Waals surface area contributed by atoms with Gasteiger partial charge >= 0.3 is 0 Å². The smallest absolute Gasteiger partial charge is 0.193 e. The Labute approximate surface area is 179 Å². The van der Waals surface area contributed by atoms with E-state index in [0.717, 1.165) is 17.2 Å². The summed E-state index contributed by atoms with van der Waals surface area (Å²) in [6.45, 7) is 10.6. The predicted octanol–water partition coefficient (Wildman–Crippen LogP) is 5.82. The minimum atomic E-state index is -3.25. The Morgan fingerprint density at radius 1 is 0.800 bits per heavy atom. The van der Waals surface area contributed by atoms with E-state index in [0.29, 0.717) is 16.0 Å². The molecular formula is C26H28O3S. The van der Waals surface area contributed by atoms with Crippen molar-refractivity contribution >= 4 is 26.4 Å². The van der Waals surface area contributed by atoms with Crippen molar-refractivity contribution in [3.05, 3.63) is 76.9 Å². The molecule has 0 fully saturated rings. The van der Waals surface area contributed by atoms with Crippen LogP contribution in [0.5, 0.6) is 0 Å². The van der Waals surface area contributed by atoms with Gasteiger partial charge in [0, 0.05) is 11.1 Å². The lowest BCUT2D eigenvalue weighted by atomic mass is 9.82. The molecule has 30 heavy (non-hydrogen) atoms. The van der Waals surface area contributed by atoms with Crippen molar-refractivity contribution in [2.45, 2.75) is 56.8 Å². The zero-order chi connectivity index (χ0) is 21.9. The predicted molar refractivity (Wildman–Crippen MR) is 122 cm³/mol. The van der Waals surface area contributed by atoms with Gasteiger partial charge in [0.25, 0.3) is 0 Å². The van der Waals surface area contributed by atoms with Gasteiger partial charge in [-0.05, 0) is 63.4 Å². The molecule has 1 aliphatic rings. The Morgan fingerprint density at radius 3 is 2.07 bits per heavy atom. The molecule has 0 aromatic heterocycles. The first-order valence-electron chi connectivity index (χ1n) is 10.4. The van der Waals surface area contributed by atoms with Crippen LogP contribution in [0.3, 0.4) is 0 Å². The standard InChI is InChI=1S/C26H28O3S/c1-6-30(28,29)21-11-9-17-13-19(8-7-18(17)14-21)24(27)20-10-12-22-23(15-20)26(4,5)16-25(22,2)3/h7-15H,6,16H2,1-5H3. The third kappa shape index (κ3) is 3.37. The highest BCUT2D eigenvalue weighted by atomic mass is 32.2. The molecule has 1 aliphatic carbocycles. The van der Waals surface area contributed by atoms with Gasteiger partial charge in [-0.15, -0.1) is 0 Å². The van der Waals surface area contributed by atoms with Crippen molar-refractivity contribution in [2.24, 2.45) is 0 Å². The molecule has 0 atom stereocenters. The van der Waals surface area contributed by atoms with Crippen LogP contribution in [0.25, 0.3) is 10.8 Å². The summed E-state index contributed by atoms with van der Waals surface area (Å²) < 4.78 is 24.3. The van der Waals surface area contributed by atoms with Gasteiger partial charge < -0.3 is 0 Å². The maximum atomic E-state index is 13.2. The molecule has 0 unspecified atom stereocenters. The highest BCUT2D eigenvalue weighted by molar-refractivity contribution is 7.91.